The Bertz CT molecular complexity index is 562. The first-order valence-electron chi connectivity index (χ1n) is 5.26. The molecule has 1 heterocycles. The molecule has 17 heavy (non-hydrogen) atoms. The third-order valence-corrected chi connectivity index (χ3v) is 3.25. The van der Waals surface area contributed by atoms with Crippen LogP contribution in [0, 0.1) is 12.7 Å². The molecule has 0 saturated heterocycles. The summed E-state index contributed by atoms with van der Waals surface area (Å²) in [5.74, 6) is -0.117. The van der Waals surface area contributed by atoms with E-state index in [0.29, 0.717) is 12.0 Å². The van der Waals surface area contributed by atoms with Crippen molar-refractivity contribution in [2.24, 2.45) is 0 Å². The molecule has 4 heteroatoms. The number of Topliss-reactive ketones (excluding diaryl/α,β-unsaturated/α-hetero) is 1. The van der Waals surface area contributed by atoms with E-state index >= 15 is 0 Å². The lowest BCUT2D eigenvalue weighted by Gasteiger charge is -1.99. The van der Waals surface area contributed by atoms with Gasteiger partial charge in [-0.1, -0.05) is 0 Å². The summed E-state index contributed by atoms with van der Waals surface area (Å²) >= 11 is 1.46. The molecular formula is C13H12FNOS. The van der Waals surface area contributed by atoms with E-state index in [1.165, 1.54) is 17.4 Å². The summed E-state index contributed by atoms with van der Waals surface area (Å²) in [5.41, 5.74) is 2.29. The molecule has 0 aliphatic rings. The fraction of sp³-hybridized carbons (Fsp3) is 0.231. The zero-order chi connectivity index (χ0) is 12.4. The minimum absolute atomic E-state index is 0.0983. The highest BCUT2D eigenvalue weighted by Gasteiger charge is 2.07. The molecule has 0 bridgehead atoms. The second-order valence-electron chi connectivity index (χ2n) is 3.97. The number of rotatable bonds is 3. The molecule has 0 aliphatic carbocycles. The van der Waals surface area contributed by atoms with Gasteiger partial charge in [-0.2, -0.15) is 0 Å². The fourth-order valence-corrected chi connectivity index (χ4v) is 2.42. The number of thiazole rings is 1. The Balaban J connectivity index is 2.30. The van der Waals surface area contributed by atoms with Crippen LogP contribution in [-0.2, 0) is 11.2 Å². The Labute approximate surface area is 103 Å². The molecule has 2 rings (SSSR count). The molecular weight excluding hydrogens is 237 g/mol. The Morgan fingerprint density at radius 3 is 2.88 bits per heavy atom. The zero-order valence-electron chi connectivity index (χ0n) is 9.66. The van der Waals surface area contributed by atoms with Gasteiger partial charge in [0.2, 0.25) is 0 Å². The van der Waals surface area contributed by atoms with Gasteiger partial charge in [0.05, 0.1) is 12.1 Å². The highest BCUT2D eigenvalue weighted by atomic mass is 32.1. The highest BCUT2D eigenvalue weighted by molar-refractivity contribution is 7.10. The number of carbonyl (C=O) groups is 1. The van der Waals surface area contributed by atoms with Crippen LogP contribution in [0.15, 0.2) is 23.6 Å². The van der Waals surface area contributed by atoms with Gasteiger partial charge in [-0.15, -0.1) is 11.3 Å². The predicted molar refractivity (Wildman–Crippen MR) is 66.6 cm³/mol. The van der Waals surface area contributed by atoms with E-state index in [9.17, 15) is 9.18 Å². The molecule has 0 aliphatic heterocycles. The van der Waals surface area contributed by atoms with Gasteiger partial charge in [0.1, 0.15) is 16.6 Å². The van der Waals surface area contributed by atoms with Gasteiger partial charge in [0.15, 0.2) is 0 Å². The van der Waals surface area contributed by atoms with Crippen molar-refractivity contribution in [2.75, 3.05) is 0 Å². The molecule has 2 nitrogen and oxygen atoms in total. The maximum atomic E-state index is 13.1. The number of benzene rings is 1. The SMILES string of the molecule is CC(=O)Cc1nc(-c2ccc(F)c(C)c2)cs1. The first kappa shape index (κ1) is 11.9. The molecule has 1 aromatic heterocycles. The maximum Gasteiger partial charge on any atom is 0.136 e. The molecule has 1 aromatic carbocycles. The van der Waals surface area contributed by atoms with Gasteiger partial charge < -0.3 is 0 Å². The minimum atomic E-state index is -0.215. The van der Waals surface area contributed by atoms with Crippen LogP contribution in [0.2, 0.25) is 0 Å². The Hall–Kier alpha value is -1.55. The number of carbonyl (C=O) groups excluding carboxylic acids is 1. The van der Waals surface area contributed by atoms with E-state index < -0.39 is 0 Å². The lowest BCUT2D eigenvalue weighted by molar-refractivity contribution is -0.116. The Kier molecular flexibility index (Phi) is 3.33. The molecule has 0 atom stereocenters. The van der Waals surface area contributed by atoms with Crippen LogP contribution in [-0.4, -0.2) is 10.8 Å². The second kappa shape index (κ2) is 4.75. The van der Waals surface area contributed by atoms with E-state index in [2.05, 4.69) is 4.98 Å². The number of aryl methyl sites for hydroxylation is 1. The van der Waals surface area contributed by atoms with E-state index in [1.54, 1.807) is 26.0 Å². The number of hydrogen-bond donors (Lipinski definition) is 0. The molecule has 0 saturated carbocycles. The lowest BCUT2D eigenvalue weighted by atomic mass is 10.1. The van der Waals surface area contributed by atoms with Crippen molar-refractivity contribution >= 4 is 17.1 Å². The van der Waals surface area contributed by atoms with Crippen LogP contribution in [0.1, 0.15) is 17.5 Å². The topological polar surface area (TPSA) is 30.0 Å². The number of ketones is 1. The largest absolute Gasteiger partial charge is 0.300 e. The van der Waals surface area contributed by atoms with E-state index in [4.69, 9.17) is 0 Å². The zero-order valence-corrected chi connectivity index (χ0v) is 10.5. The quantitative estimate of drug-likeness (QED) is 0.834. The second-order valence-corrected chi connectivity index (χ2v) is 4.91. The summed E-state index contributed by atoms with van der Waals surface area (Å²) < 4.78 is 13.1. The van der Waals surface area contributed by atoms with Gasteiger partial charge in [-0.05, 0) is 37.6 Å². The smallest absolute Gasteiger partial charge is 0.136 e. The van der Waals surface area contributed by atoms with Crippen molar-refractivity contribution in [3.05, 3.63) is 40.0 Å². The van der Waals surface area contributed by atoms with E-state index in [0.717, 1.165) is 16.3 Å². The van der Waals surface area contributed by atoms with E-state index in [-0.39, 0.29) is 11.6 Å². The third kappa shape index (κ3) is 2.77. The summed E-state index contributed by atoms with van der Waals surface area (Å²) in [7, 11) is 0. The normalized spacial score (nSPS) is 10.5. The van der Waals surface area contributed by atoms with Crippen molar-refractivity contribution in [2.45, 2.75) is 20.3 Å². The van der Waals surface area contributed by atoms with E-state index in [1.807, 2.05) is 5.38 Å². The summed E-state index contributed by atoms with van der Waals surface area (Å²) in [5, 5.41) is 2.69. The van der Waals surface area contributed by atoms with Crippen LogP contribution in [0.3, 0.4) is 0 Å². The van der Waals surface area contributed by atoms with Crippen LogP contribution in [0.4, 0.5) is 4.39 Å². The average Bonchev–Trinajstić information content (AvgIpc) is 2.69. The molecule has 0 spiro atoms. The van der Waals surface area contributed by atoms with Crippen LogP contribution >= 0.6 is 11.3 Å². The van der Waals surface area contributed by atoms with Crippen molar-refractivity contribution in [1.82, 2.24) is 4.98 Å². The van der Waals surface area contributed by atoms with Gasteiger partial charge in [-0.3, -0.25) is 4.79 Å². The Morgan fingerprint density at radius 2 is 2.24 bits per heavy atom. The van der Waals surface area contributed by atoms with Gasteiger partial charge in [0, 0.05) is 10.9 Å². The number of nitrogens with zero attached hydrogens (tertiary/aromatic N) is 1. The molecule has 0 amide bonds. The summed E-state index contributed by atoms with van der Waals surface area (Å²) in [6.45, 7) is 3.27. The summed E-state index contributed by atoms with van der Waals surface area (Å²) in [6, 6.07) is 4.91. The van der Waals surface area contributed by atoms with Crippen molar-refractivity contribution in [1.29, 1.82) is 0 Å². The van der Waals surface area contributed by atoms with Gasteiger partial charge in [-0.25, -0.2) is 9.37 Å². The van der Waals surface area contributed by atoms with Crippen LogP contribution in [0.5, 0.6) is 0 Å². The van der Waals surface area contributed by atoms with Gasteiger partial charge in [0.25, 0.3) is 0 Å². The number of hydrogen-bond acceptors (Lipinski definition) is 3. The van der Waals surface area contributed by atoms with Gasteiger partial charge >= 0.3 is 0 Å². The monoisotopic (exact) mass is 249 g/mol. The lowest BCUT2D eigenvalue weighted by Crippen LogP contribution is -1.95. The molecule has 0 radical (unpaired) electrons. The predicted octanol–water partition coefficient (Wildman–Crippen LogP) is 3.39. The highest BCUT2D eigenvalue weighted by Crippen LogP contribution is 2.24. The minimum Gasteiger partial charge on any atom is -0.300 e. The average molecular weight is 249 g/mol. The maximum absolute atomic E-state index is 13.1. The molecule has 2 aromatic rings. The van der Waals surface area contributed by atoms with Crippen molar-refractivity contribution in [3.8, 4) is 11.3 Å². The van der Waals surface area contributed by atoms with Crippen LogP contribution in [0.25, 0.3) is 11.3 Å². The molecule has 0 unspecified atom stereocenters. The molecule has 88 valence electrons. The first-order valence-corrected chi connectivity index (χ1v) is 6.14. The fourth-order valence-electron chi connectivity index (χ4n) is 1.54. The first-order chi connectivity index (χ1) is 8.06. The molecule has 0 fully saturated rings. The third-order valence-electron chi connectivity index (χ3n) is 2.41. The number of halogens is 1. The number of aromatic nitrogens is 1. The van der Waals surface area contributed by atoms with Crippen LogP contribution < -0.4 is 0 Å². The summed E-state index contributed by atoms with van der Waals surface area (Å²) in [6.07, 6.45) is 0.366. The molecule has 0 N–H and O–H groups in total. The van der Waals surface area contributed by atoms with Crippen molar-refractivity contribution in [3.63, 3.8) is 0 Å². The standard InChI is InChI=1S/C13H12FNOS/c1-8-5-10(3-4-11(8)14)12-7-17-13(15-12)6-9(2)16/h3-5,7H,6H2,1-2H3. The Morgan fingerprint density at radius 1 is 1.47 bits per heavy atom. The van der Waals surface area contributed by atoms with Crippen molar-refractivity contribution < 1.29 is 9.18 Å². The summed E-state index contributed by atoms with van der Waals surface area (Å²) in [4.78, 5) is 15.3.